The molecule has 1 aliphatic heterocycles. The van der Waals surface area contributed by atoms with Crippen molar-refractivity contribution in [1.82, 2.24) is 4.98 Å². The Morgan fingerprint density at radius 3 is 2.88 bits per heavy atom. The first-order chi connectivity index (χ1) is 8.05. The summed E-state index contributed by atoms with van der Waals surface area (Å²) >= 11 is 1.79. The molecule has 0 radical (unpaired) electrons. The molecule has 0 spiro atoms. The standard InChI is InChI=1S/C13H19N3S/c1-13(2,3)11-6-8-17-12(16-11)15-10-5-4-7-14-9-10/h4-5,7,9,11H,6,8H2,1-3H3,(H,15,16). The number of anilines is 1. The highest BCUT2D eigenvalue weighted by Crippen LogP contribution is 2.30. The van der Waals surface area contributed by atoms with E-state index in [1.165, 1.54) is 0 Å². The summed E-state index contributed by atoms with van der Waals surface area (Å²) < 4.78 is 0. The van der Waals surface area contributed by atoms with Crippen LogP contribution >= 0.6 is 11.8 Å². The quantitative estimate of drug-likeness (QED) is 0.829. The summed E-state index contributed by atoms with van der Waals surface area (Å²) in [6.07, 6.45) is 4.76. The van der Waals surface area contributed by atoms with Gasteiger partial charge in [-0.3, -0.25) is 9.98 Å². The molecule has 0 fully saturated rings. The maximum atomic E-state index is 4.79. The summed E-state index contributed by atoms with van der Waals surface area (Å²) in [5, 5.41) is 4.35. The largest absolute Gasteiger partial charge is 0.334 e. The second kappa shape index (κ2) is 5.08. The third-order valence-corrected chi connectivity index (χ3v) is 3.74. The molecule has 0 aromatic carbocycles. The summed E-state index contributed by atoms with van der Waals surface area (Å²) in [7, 11) is 0. The van der Waals surface area contributed by atoms with Crippen LogP contribution in [0.5, 0.6) is 0 Å². The molecule has 1 atom stereocenters. The molecule has 1 aromatic rings. The number of aliphatic imine (C=N–C) groups is 1. The molecule has 0 bridgehead atoms. The van der Waals surface area contributed by atoms with Crippen molar-refractivity contribution in [2.45, 2.75) is 33.2 Å². The van der Waals surface area contributed by atoms with Gasteiger partial charge in [0.05, 0.1) is 17.9 Å². The van der Waals surface area contributed by atoms with Gasteiger partial charge in [0.15, 0.2) is 5.17 Å². The van der Waals surface area contributed by atoms with Gasteiger partial charge in [-0.2, -0.15) is 0 Å². The Morgan fingerprint density at radius 1 is 1.41 bits per heavy atom. The summed E-state index contributed by atoms with van der Waals surface area (Å²) in [5.74, 6) is 1.13. The van der Waals surface area contributed by atoms with E-state index >= 15 is 0 Å². The second-order valence-electron chi connectivity index (χ2n) is 5.32. The smallest absolute Gasteiger partial charge is 0.161 e. The van der Waals surface area contributed by atoms with E-state index in [1.54, 1.807) is 18.0 Å². The van der Waals surface area contributed by atoms with Crippen molar-refractivity contribution >= 4 is 22.6 Å². The maximum absolute atomic E-state index is 4.79. The van der Waals surface area contributed by atoms with Crippen LogP contribution in [0.25, 0.3) is 0 Å². The highest BCUT2D eigenvalue weighted by molar-refractivity contribution is 8.14. The molecular weight excluding hydrogens is 230 g/mol. The molecule has 2 rings (SSSR count). The number of rotatable bonds is 1. The molecule has 1 unspecified atom stereocenters. The normalized spacial score (nSPS) is 20.9. The molecule has 1 N–H and O–H groups in total. The number of thioether (sulfide) groups is 1. The van der Waals surface area contributed by atoms with E-state index in [1.807, 2.05) is 18.3 Å². The first-order valence-corrected chi connectivity index (χ1v) is 6.92. The topological polar surface area (TPSA) is 37.3 Å². The third kappa shape index (κ3) is 3.46. The van der Waals surface area contributed by atoms with Crippen LogP contribution in [0.1, 0.15) is 27.2 Å². The summed E-state index contributed by atoms with van der Waals surface area (Å²) in [4.78, 5) is 8.88. The molecule has 2 heterocycles. The van der Waals surface area contributed by atoms with Crippen LogP contribution in [0.3, 0.4) is 0 Å². The number of aromatic nitrogens is 1. The van der Waals surface area contributed by atoms with Crippen molar-refractivity contribution in [3.05, 3.63) is 24.5 Å². The zero-order chi connectivity index (χ0) is 12.3. The first-order valence-electron chi connectivity index (χ1n) is 5.93. The molecule has 4 heteroatoms. The predicted octanol–water partition coefficient (Wildman–Crippen LogP) is 3.40. The molecule has 0 amide bonds. The van der Waals surface area contributed by atoms with E-state index in [9.17, 15) is 0 Å². The fourth-order valence-corrected chi connectivity index (χ4v) is 2.69. The number of amidine groups is 1. The molecule has 17 heavy (non-hydrogen) atoms. The molecule has 1 aliphatic rings. The molecule has 0 aliphatic carbocycles. The van der Waals surface area contributed by atoms with Crippen molar-refractivity contribution in [3.63, 3.8) is 0 Å². The van der Waals surface area contributed by atoms with Crippen molar-refractivity contribution < 1.29 is 0 Å². The van der Waals surface area contributed by atoms with Crippen LogP contribution in [-0.4, -0.2) is 21.9 Å². The monoisotopic (exact) mass is 249 g/mol. The van der Waals surface area contributed by atoms with Gasteiger partial charge < -0.3 is 5.32 Å². The van der Waals surface area contributed by atoms with E-state index in [0.29, 0.717) is 6.04 Å². The minimum atomic E-state index is 0.239. The average molecular weight is 249 g/mol. The Bertz CT molecular complexity index is 395. The zero-order valence-electron chi connectivity index (χ0n) is 10.6. The van der Waals surface area contributed by atoms with Crippen LogP contribution in [0, 0.1) is 5.41 Å². The van der Waals surface area contributed by atoms with Gasteiger partial charge in [-0.1, -0.05) is 32.5 Å². The molecule has 0 saturated heterocycles. The van der Waals surface area contributed by atoms with E-state index in [-0.39, 0.29) is 5.41 Å². The van der Waals surface area contributed by atoms with Gasteiger partial charge in [0, 0.05) is 11.9 Å². The predicted molar refractivity (Wildman–Crippen MR) is 75.6 cm³/mol. The van der Waals surface area contributed by atoms with E-state index in [0.717, 1.165) is 23.0 Å². The number of hydrogen-bond donors (Lipinski definition) is 1. The van der Waals surface area contributed by atoms with E-state index in [4.69, 9.17) is 4.99 Å². The van der Waals surface area contributed by atoms with Gasteiger partial charge >= 0.3 is 0 Å². The Hall–Kier alpha value is -1.03. The van der Waals surface area contributed by atoms with Gasteiger partial charge in [-0.05, 0) is 24.0 Å². The highest BCUT2D eigenvalue weighted by Gasteiger charge is 2.27. The summed E-state index contributed by atoms with van der Waals surface area (Å²) in [6.45, 7) is 6.75. The van der Waals surface area contributed by atoms with Gasteiger partial charge in [0.1, 0.15) is 0 Å². The minimum Gasteiger partial charge on any atom is -0.334 e. The van der Waals surface area contributed by atoms with Crippen molar-refractivity contribution in [2.75, 3.05) is 11.1 Å². The van der Waals surface area contributed by atoms with Gasteiger partial charge in [-0.15, -0.1) is 0 Å². The zero-order valence-corrected chi connectivity index (χ0v) is 11.4. The molecule has 92 valence electrons. The van der Waals surface area contributed by atoms with Crippen molar-refractivity contribution in [1.29, 1.82) is 0 Å². The Kier molecular flexibility index (Phi) is 3.72. The average Bonchev–Trinajstić information content (AvgIpc) is 2.29. The Morgan fingerprint density at radius 2 is 2.24 bits per heavy atom. The lowest BCUT2D eigenvalue weighted by Gasteiger charge is -2.31. The number of pyridine rings is 1. The maximum Gasteiger partial charge on any atom is 0.161 e. The lowest BCUT2D eigenvalue weighted by atomic mass is 9.85. The second-order valence-corrected chi connectivity index (χ2v) is 6.40. The lowest BCUT2D eigenvalue weighted by Crippen LogP contribution is -2.30. The third-order valence-electron chi connectivity index (χ3n) is 2.82. The van der Waals surface area contributed by atoms with Gasteiger partial charge in [0.2, 0.25) is 0 Å². The highest BCUT2D eigenvalue weighted by atomic mass is 32.2. The molecule has 1 aromatic heterocycles. The molecule has 0 saturated carbocycles. The van der Waals surface area contributed by atoms with Gasteiger partial charge in [-0.25, -0.2) is 0 Å². The van der Waals surface area contributed by atoms with Crippen LogP contribution in [0.4, 0.5) is 5.69 Å². The van der Waals surface area contributed by atoms with E-state index in [2.05, 4.69) is 31.1 Å². The van der Waals surface area contributed by atoms with Crippen LogP contribution in [0.2, 0.25) is 0 Å². The van der Waals surface area contributed by atoms with Crippen LogP contribution < -0.4 is 5.32 Å². The van der Waals surface area contributed by atoms with Crippen molar-refractivity contribution in [2.24, 2.45) is 10.4 Å². The molecular formula is C13H19N3S. The Balaban J connectivity index is 2.09. The first kappa shape index (κ1) is 12.4. The minimum absolute atomic E-state index is 0.239. The number of nitrogens with one attached hydrogen (secondary N) is 1. The summed E-state index contributed by atoms with van der Waals surface area (Å²) in [5.41, 5.74) is 1.25. The van der Waals surface area contributed by atoms with Crippen LogP contribution in [0.15, 0.2) is 29.5 Å². The Labute approximate surface area is 107 Å². The fraction of sp³-hybridized carbons (Fsp3) is 0.538. The van der Waals surface area contributed by atoms with Crippen molar-refractivity contribution in [3.8, 4) is 0 Å². The molecule has 3 nitrogen and oxygen atoms in total. The van der Waals surface area contributed by atoms with E-state index < -0.39 is 0 Å². The van der Waals surface area contributed by atoms with Crippen LogP contribution in [-0.2, 0) is 0 Å². The lowest BCUT2D eigenvalue weighted by molar-refractivity contribution is 0.316. The SMILES string of the molecule is CC(C)(C)C1CCSC(Nc2cccnc2)=N1. The van der Waals surface area contributed by atoms with Gasteiger partial charge in [0.25, 0.3) is 0 Å². The number of hydrogen-bond acceptors (Lipinski definition) is 4. The fourth-order valence-electron chi connectivity index (χ4n) is 1.77. The summed E-state index contributed by atoms with van der Waals surface area (Å²) in [6, 6.07) is 4.34. The number of nitrogens with zero attached hydrogens (tertiary/aromatic N) is 2.